The van der Waals surface area contributed by atoms with Crippen molar-refractivity contribution in [3.05, 3.63) is 35.0 Å². The fourth-order valence-electron chi connectivity index (χ4n) is 2.99. The van der Waals surface area contributed by atoms with Crippen LogP contribution in [0.2, 0.25) is 5.02 Å². The maximum absolute atomic E-state index is 12.8. The van der Waals surface area contributed by atoms with Gasteiger partial charge in [0, 0.05) is 49.2 Å². The minimum Gasteiger partial charge on any atom is -0.450 e. The summed E-state index contributed by atoms with van der Waals surface area (Å²) in [7, 11) is 1.87. The lowest BCUT2D eigenvalue weighted by molar-refractivity contribution is 0.0563. The predicted octanol–water partition coefficient (Wildman–Crippen LogP) is 2.75. The Kier molecular flexibility index (Phi) is 4.66. The molecule has 0 unspecified atom stereocenters. The summed E-state index contributed by atoms with van der Waals surface area (Å²) in [6.07, 6.45) is -0.316. The molecule has 0 aliphatic carbocycles. The number of halogens is 1. The van der Waals surface area contributed by atoms with Gasteiger partial charge in [0.1, 0.15) is 5.69 Å². The first-order valence-electron chi connectivity index (χ1n) is 7.97. The maximum atomic E-state index is 12.8. The third kappa shape index (κ3) is 3.06. The highest BCUT2D eigenvalue weighted by Gasteiger charge is 2.27. The van der Waals surface area contributed by atoms with Gasteiger partial charge in [-0.2, -0.15) is 0 Å². The van der Waals surface area contributed by atoms with Crippen molar-refractivity contribution in [2.45, 2.75) is 6.92 Å². The summed E-state index contributed by atoms with van der Waals surface area (Å²) in [6.45, 7) is 4.11. The van der Waals surface area contributed by atoms with Crippen molar-refractivity contribution in [2.24, 2.45) is 7.05 Å². The molecule has 0 saturated carbocycles. The van der Waals surface area contributed by atoms with E-state index in [0.717, 1.165) is 10.9 Å². The number of aryl methyl sites for hydroxylation is 1. The number of rotatable bonds is 2. The molecule has 1 aliphatic rings. The van der Waals surface area contributed by atoms with Gasteiger partial charge in [-0.25, -0.2) is 4.79 Å². The second kappa shape index (κ2) is 6.73. The van der Waals surface area contributed by atoms with E-state index in [4.69, 9.17) is 16.3 Å². The van der Waals surface area contributed by atoms with E-state index in [2.05, 4.69) is 0 Å². The van der Waals surface area contributed by atoms with E-state index in [9.17, 15) is 9.59 Å². The van der Waals surface area contributed by atoms with E-state index < -0.39 is 0 Å². The van der Waals surface area contributed by atoms with E-state index in [1.807, 2.05) is 35.9 Å². The van der Waals surface area contributed by atoms with Crippen molar-refractivity contribution in [1.82, 2.24) is 14.4 Å². The number of hydrogen-bond acceptors (Lipinski definition) is 3. The molecule has 1 fully saturated rings. The third-order valence-corrected chi connectivity index (χ3v) is 4.55. The molecule has 6 nitrogen and oxygen atoms in total. The molecule has 3 rings (SSSR count). The second-order valence-corrected chi connectivity index (χ2v) is 6.21. The van der Waals surface area contributed by atoms with E-state index in [1.54, 1.807) is 16.7 Å². The zero-order valence-electron chi connectivity index (χ0n) is 13.8. The summed E-state index contributed by atoms with van der Waals surface area (Å²) in [6, 6.07) is 7.44. The van der Waals surface area contributed by atoms with Crippen molar-refractivity contribution in [3.63, 3.8) is 0 Å². The quantitative estimate of drug-likeness (QED) is 0.837. The van der Waals surface area contributed by atoms with Gasteiger partial charge in [0.15, 0.2) is 0 Å². The monoisotopic (exact) mass is 349 g/mol. The highest BCUT2D eigenvalue weighted by molar-refractivity contribution is 6.31. The smallest absolute Gasteiger partial charge is 0.409 e. The lowest BCUT2D eigenvalue weighted by Crippen LogP contribution is -2.51. The zero-order valence-corrected chi connectivity index (χ0v) is 14.5. The number of ether oxygens (including phenoxy) is 1. The standard InChI is InChI=1S/C17H20ClN3O3/c1-3-24-17(23)21-8-6-20(7-9-21)16(22)15-11-12-10-13(18)4-5-14(12)19(15)2/h4-5,10-11H,3,6-9H2,1-2H3. The summed E-state index contributed by atoms with van der Waals surface area (Å²) < 4.78 is 6.88. The van der Waals surface area contributed by atoms with Crippen LogP contribution in [0.4, 0.5) is 4.79 Å². The van der Waals surface area contributed by atoms with Gasteiger partial charge in [0.2, 0.25) is 0 Å². The van der Waals surface area contributed by atoms with Gasteiger partial charge in [0.25, 0.3) is 5.91 Å². The van der Waals surface area contributed by atoms with Gasteiger partial charge >= 0.3 is 6.09 Å². The highest BCUT2D eigenvalue weighted by Crippen LogP contribution is 2.23. The molecule has 0 N–H and O–H groups in total. The van der Waals surface area contributed by atoms with Crippen LogP contribution in [0.5, 0.6) is 0 Å². The van der Waals surface area contributed by atoms with Crippen molar-refractivity contribution in [1.29, 1.82) is 0 Å². The number of amides is 2. The molecule has 0 radical (unpaired) electrons. The Labute approximate surface area is 145 Å². The van der Waals surface area contributed by atoms with Gasteiger partial charge < -0.3 is 19.1 Å². The first kappa shape index (κ1) is 16.6. The van der Waals surface area contributed by atoms with Gasteiger partial charge in [0.05, 0.1) is 6.61 Å². The molecule has 2 amide bonds. The molecule has 2 aromatic rings. The molecule has 0 atom stereocenters. The van der Waals surface area contributed by atoms with Gasteiger partial charge in [-0.15, -0.1) is 0 Å². The van der Waals surface area contributed by atoms with Gasteiger partial charge in [-0.1, -0.05) is 11.6 Å². The molecule has 1 aromatic heterocycles. The number of carbonyl (C=O) groups is 2. The molecule has 128 valence electrons. The topological polar surface area (TPSA) is 54.8 Å². The molecule has 2 heterocycles. The van der Waals surface area contributed by atoms with Crippen molar-refractivity contribution in [3.8, 4) is 0 Å². The molecule has 0 spiro atoms. The van der Waals surface area contributed by atoms with Crippen molar-refractivity contribution >= 4 is 34.5 Å². The number of hydrogen-bond donors (Lipinski definition) is 0. The number of benzene rings is 1. The van der Waals surface area contributed by atoms with Gasteiger partial charge in [-0.3, -0.25) is 4.79 Å². The largest absolute Gasteiger partial charge is 0.450 e. The Morgan fingerprint density at radius 1 is 1.12 bits per heavy atom. The lowest BCUT2D eigenvalue weighted by atomic mass is 10.2. The van der Waals surface area contributed by atoms with E-state index >= 15 is 0 Å². The van der Waals surface area contributed by atoms with Crippen LogP contribution in [0.1, 0.15) is 17.4 Å². The second-order valence-electron chi connectivity index (χ2n) is 5.77. The van der Waals surface area contributed by atoms with E-state index in [-0.39, 0.29) is 12.0 Å². The predicted molar refractivity (Wildman–Crippen MR) is 92.4 cm³/mol. The van der Waals surface area contributed by atoms with Crippen molar-refractivity contribution in [2.75, 3.05) is 32.8 Å². The van der Waals surface area contributed by atoms with Crippen LogP contribution in [-0.4, -0.2) is 59.2 Å². The molecular formula is C17H20ClN3O3. The van der Waals surface area contributed by atoms with Crippen LogP contribution in [0.25, 0.3) is 10.9 Å². The molecule has 7 heteroatoms. The molecule has 24 heavy (non-hydrogen) atoms. The summed E-state index contributed by atoms with van der Waals surface area (Å²) in [5.41, 5.74) is 1.59. The molecular weight excluding hydrogens is 330 g/mol. The maximum Gasteiger partial charge on any atom is 0.409 e. The average Bonchev–Trinajstić information content (AvgIpc) is 2.90. The fraction of sp³-hybridized carbons (Fsp3) is 0.412. The minimum atomic E-state index is -0.316. The molecule has 1 saturated heterocycles. The Hall–Kier alpha value is -2.21. The van der Waals surface area contributed by atoms with Crippen LogP contribution >= 0.6 is 11.6 Å². The van der Waals surface area contributed by atoms with Gasteiger partial charge in [-0.05, 0) is 31.2 Å². The fourth-order valence-corrected chi connectivity index (χ4v) is 3.17. The Balaban J connectivity index is 1.74. The van der Waals surface area contributed by atoms with E-state index in [0.29, 0.717) is 43.5 Å². The SMILES string of the molecule is CCOC(=O)N1CCN(C(=O)c2cc3cc(Cl)ccc3n2C)CC1. The number of fused-ring (bicyclic) bond motifs is 1. The Morgan fingerprint density at radius 3 is 2.46 bits per heavy atom. The first-order chi connectivity index (χ1) is 11.5. The number of carbonyl (C=O) groups excluding carboxylic acids is 2. The summed E-state index contributed by atoms with van der Waals surface area (Å²) in [5.74, 6) is -0.0340. The third-order valence-electron chi connectivity index (χ3n) is 4.32. The van der Waals surface area contributed by atoms with Crippen LogP contribution in [0.3, 0.4) is 0 Å². The molecule has 1 aliphatic heterocycles. The molecule has 0 bridgehead atoms. The Morgan fingerprint density at radius 2 is 1.79 bits per heavy atom. The molecule has 1 aromatic carbocycles. The normalized spacial score (nSPS) is 15.0. The van der Waals surface area contributed by atoms with Crippen molar-refractivity contribution < 1.29 is 14.3 Å². The lowest BCUT2D eigenvalue weighted by Gasteiger charge is -2.34. The van der Waals surface area contributed by atoms with Crippen LogP contribution in [-0.2, 0) is 11.8 Å². The highest BCUT2D eigenvalue weighted by atomic mass is 35.5. The summed E-state index contributed by atoms with van der Waals surface area (Å²) in [5, 5.41) is 1.59. The van der Waals surface area contributed by atoms with Crippen LogP contribution < -0.4 is 0 Å². The zero-order chi connectivity index (χ0) is 17.3. The Bertz CT molecular complexity index is 779. The summed E-state index contributed by atoms with van der Waals surface area (Å²) in [4.78, 5) is 27.9. The summed E-state index contributed by atoms with van der Waals surface area (Å²) >= 11 is 6.03. The minimum absolute atomic E-state index is 0.0340. The van der Waals surface area contributed by atoms with Crippen LogP contribution in [0.15, 0.2) is 24.3 Å². The number of aromatic nitrogens is 1. The average molecular weight is 350 g/mol. The van der Waals surface area contributed by atoms with Crippen LogP contribution in [0, 0.1) is 0 Å². The number of piperazine rings is 1. The van der Waals surface area contributed by atoms with E-state index in [1.165, 1.54) is 0 Å². The number of nitrogens with zero attached hydrogens (tertiary/aromatic N) is 3. The first-order valence-corrected chi connectivity index (χ1v) is 8.35.